The van der Waals surface area contributed by atoms with Crippen molar-refractivity contribution in [2.45, 2.75) is 19.0 Å². The maximum atomic E-state index is 13.2. The highest BCUT2D eigenvalue weighted by atomic mass is 16.5. The maximum absolute atomic E-state index is 13.2. The Labute approximate surface area is 191 Å². The standard InChI is InChI=1S/C27H23NO5/c1-32-21-9-5-6-17(14-21)16-28-24(18-7-3-2-4-8-18)23(26(30)27(28)31)25(29)20-10-11-22-19(15-20)12-13-33-22/h2-11,14-15,24,29H,12-13,16H2,1H3/b25-23-. The topological polar surface area (TPSA) is 76.1 Å². The van der Waals surface area contributed by atoms with Crippen LogP contribution in [0.2, 0.25) is 0 Å². The quantitative estimate of drug-likeness (QED) is 0.364. The number of aliphatic hydroxyl groups is 1. The van der Waals surface area contributed by atoms with Crippen molar-refractivity contribution in [1.82, 2.24) is 4.90 Å². The first-order valence-corrected chi connectivity index (χ1v) is 10.8. The third-order valence-electron chi connectivity index (χ3n) is 6.11. The van der Waals surface area contributed by atoms with E-state index in [-0.39, 0.29) is 17.9 Å². The lowest BCUT2D eigenvalue weighted by Crippen LogP contribution is -2.29. The van der Waals surface area contributed by atoms with Gasteiger partial charge in [0.2, 0.25) is 0 Å². The van der Waals surface area contributed by atoms with Gasteiger partial charge in [0.1, 0.15) is 17.3 Å². The summed E-state index contributed by atoms with van der Waals surface area (Å²) in [4.78, 5) is 27.9. The van der Waals surface area contributed by atoms with Crippen molar-refractivity contribution in [3.8, 4) is 11.5 Å². The number of carbonyl (C=O) groups is 2. The average molecular weight is 441 g/mol. The fourth-order valence-electron chi connectivity index (χ4n) is 4.48. The molecule has 166 valence electrons. The molecule has 3 aromatic carbocycles. The van der Waals surface area contributed by atoms with Crippen LogP contribution in [0.25, 0.3) is 5.76 Å². The van der Waals surface area contributed by atoms with Crippen LogP contribution in [0.5, 0.6) is 11.5 Å². The highest BCUT2D eigenvalue weighted by molar-refractivity contribution is 6.46. The van der Waals surface area contributed by atoms with Crippen molar-refractivity contribution >= 4 is 17.4 Å². The van der Waals surface area contributed by atoms with Crippen molar-refractivity contribution in [2.24, 2.45) is 0 Å². The van der Waals surface area contributed by atoms with E-state index in [0.29, 0.717) is 17.9 Å². The minimum absolute atomic E-state index is 0.0907. The Morgan fingerprint density at radius 2 is 1.88 bits per heavy atom. The van der Waals surface area contributed by atoms with Gasteiger partial charge in [0, 0.05) is 18.5 Å². The van der Waals surface area contributed by atoms with E-state index >= 15 is 0 Å². The summed E-state index contributed by atoms with van der Waals surface area (Å²) in [6.45, 7) is 0.796. The first-order chi connectivity index (χ1) is 16.1. The van der Waals surface area contributed by atoms with Crippen molar-refractivity contribution in [1.29, 1.82) is 0 Å². The number of aliphatic hydroxyl groups excluding tert-OH is 1. The van der Waals surface area contributed by atoms with Gasteiger partial charge in [-0.15, -0.1) is 0 Å². The molecule has 0 aromatic heterocycles. The van der Waals surface area contributed by atoms with Crippen LogP contribution in [0.15, 0.2) is 78.4 Å². The molecule has 0 radical (unpaired) electrons. The number of ether oxygens (including phenoxy) is 2. The van der Waals surface area contributed by atoms with Crippen LogP contribution in [-0.2, 0) is 22.6 Å². The molecule has 1 N–H and O–H groups in total. The van der Waals surface area contributed by atoms with E-state index in [1.807, 2.05) is 60.7 Å². The summed E-state index contributed by atoms with van der Waals surface area (Å²) in [6.07, 6.45) is 0.739. The molecule has 1 unspecified atom stereocenters. The number of Topliss-reactive ketones (excluding diaryl/α,β-unsaturated/α-hetero) is 1. The van der Waals surface area contributed by atoms with Gasteiger partial charge in [-0.05, 0) is 47.0 Å². The van der Waals surface area contributed by atoms with E-state index in [9.17, 15) is 14.7 Å². The number of fused-ring (bicyclic) bond motifs is 1. The van der Waals surface area contributed by atoms with Gasteiger partial charge < -0.3 is 19.5 Å². The van der Waals surface area contributed by atoms with Crippen molar-refractivity contribution in [3.63, 3.8) is 0 Å². The molecule has 6 nitrogen and oxygen atoms in total. The highest BCUT2D eigenvalue weighted by Crippen LogP contribution is 2.41. The van der Waals surface area contributed by atoms with Crippen molar-refractivity contribution in [3.05, 3.63) is 101 Å². The molecule has 2 heterocycles. The molecule has 6 heteroatoms. The van der Waals surface area contributed by atoms with Gasteiger partial charge in [0.05, 0.1) is 25.3 Å². The molecule has 1 saturated heterocycles. The van der Waals surface area contributed by atoms with E-state index in [2.05, 4.69) is 0 Å². The normalized spacial score (nSPS) is 18.8. The zero-order valence-electron chi connectivity index (χ0n) is 18.2. The maximum Gasteiger partial charge on any atom is 0.295 e. The Hall–Kier alpha value is -4.06. The van der Waals surface area contributed by atoms with Crippen LogP contribution in [0.1, 0.15) is 28.3 Å². The minimum Gasteiger partial charge on any atom is -0.507 e. The summed E-state index contributed by atoms with van der Waals surface area (Å²) in [7, 11) is 1.58. The summed E-state index contributed by atoms with van der Waals surface area (Å²) in [5.74, 6) is -0.0610. The van der Waals surface area contributed by atoms with E-state index in [0.717, 1.165) is 28.9 Å². The lowest BCUT2D eigenvalue weighted by Gasteiger charge is -2.25. The number of hydrogen-bond donors (Lipinski definition) is 1. The lowest BCUT2D eigenvalue weighted by atomic mass is 9.94. The average Bonchev–Trinajstić information content (AvgIpc) is 3.42. The first-order valence-electron chi connectivity index (χ1n) is 10.8. The number of methoxy groups -OCH3 is 1. The van der Waals surface area contributed by atoms with Crippen LogP contribution in [0.3, 0.4) is 0 Å². The molecule has 0 aliphatic carbocycles. The van der Waals surface area contributed by atoms with Crippen LogP contribution >= 0.6 is 0 Å². The molecule has 3 aromatic rings. The van der Waals surface area contributed by atoms with E-state index in [4.69, 9.17) is 9.47 Å². The number of ketones is 1. The number of hydrogen-bond acceptors (Lipinski definition) is 5. The van der Waals surface area contributed by atoms with Crippen LogP contribution in [-0.4, -0.2) is 35.4 Å². The van der Waals surface area contributed by atoms with Crippen molar-refractivity contribution in [2.75, 3.05) is 13.7 Å². The first kappa shape index (κ1) is 20.8. The molecule has 0 saturated carbocycles. The largest absolute Gasteiger partial charge is 0.507 e. The lowest BCUT2D eigenvalue weighted by molar-refractivity contribution is -0.140. The Morgan fingerprint density at radius 1 is 1.06 bits per heavy atom. The molecule has 1 amide bonds. The highest BCUT2D eigenvalue weighted by Gasteiger charge is 2.46. The SMILES string of the molecule is COc1cccc(CN2C(=O)C(=O)/C(=C(\O)c3ccc4c(c3)CCO4)C2c2ccccc2)c1. The summed E-state index contributed by atoms with van der Waals surface area (Å²) in [5.41, 5.74) is 3.14. The van der Waals surface area contributed by atoms with Crippen LogP contribution in [0.4, 0.5) is 0 Å². The summed E-state index contributed by atoms with van der Waals surface area (Å²) < 4.78 is 10.9. The van der Waals surface area contributed by atoms with Crippen LogP contribution in [0, 0.1) is 0 Å². The summed E-state index contributed by atoms with van der Waals surface area (Å²) in [5, 5.41) is 11.3. The molecule has 2 aliphatic rings. The second-order valence-corrected chi connectivity index (χ2v) is 8.11. The molecule has 0 bridgehead atoms. The van der Waals surface area contributed by atoms with E-state index in [1.54, 1.807) is 19.2 Å². The third kappa shape index (κ3) is 3.74. The van der Waals surface area contributed by atoms with Crippen LogP contribution < -0.4 is 9.47 Å². The number of amides is 1. The van der Waals surface area contributed by atoms with Gasteiger partial charge in [-0.25, -0.2) is 0 Å². The van der Waals surface area contributed by atoms with Gasteiger partial charge in [-0.2, -0.15) is 0 Å². The van der Waals surface area contributed by atoms with E-state index < -0.39 is 17.7 Å². The molecule has 2 aliphatic heterocycles. The summed E-state index contributed by atoms with van der Waals surface area (Å²) >= 11 is 0. The number of likely N-dealkylation sites (tertiary alicyclic amines) is 1. The fourth-order valence-corrected chi connectivity index (χ4v) is 4.48. The molecular formula is C27H23NO5. The van der Waals surface area contributed by atoms with Gasteiger partial charge in [0.25, 0.3) is 11.7 Å². The molecule has 5 rings (SSSR count). The van der Waals surface area contributed by atoms with Crippen molar-refractivity contribution < 1.29 is 24.2 Å². The smallest absolute Gasteiger partial charge is 0.295 e. The zero-order valence-corrected chi connectivity index (χ0v) is 18.2. The van der Waals surface area contributed by atoms with Gasteiger partial charge >= 0.3 is 0 Å². The Bertz CT molecular complexity index is 1260. The van der Waals surface area contributed by atoms with Gasteiger partial charge in [0.15, 0.2) is 0 Å². The molecular weight excluding hydrogens is 418 g/mol. The number of carbonyl (C=O) groups excluding carboxylic acids is 2. The Morgan fingerprint density at radius 3 is 2.67 bits per heavy atom. The predicted molar refractivity (Wildman–Crippen MR) is 123 cm³/mol. The molecule has 1 atom stereocenters. The Kier molecular flexibility index (Phi) is 5.34. The molecule has 0 spiro atoms. The molecule has 33 heavy (non-hydrogen) atoms. The van der Waals surface area contributed by atoms with Gasteiger partial charge in [-0.1, -0.05) is 42.5 Å². The monoisotopic (exact) mass is 441 g/mol. The number of nitrogens with zero attached hydrogens (tertiary/aromatic N) is 1. The number of rotatable bonds is 5. The third-order valence-corrected chi connectivity index (χ3v) is 6.11. The number of benzene rings is 3. The fraction of sp³-hybridized carbons (Fsp3) is 0.185. The second kappa shape index (κ2) is 8.47. The zero-order chi connectivity index (χ0) is 22.9. The summed E-state index contributed by atoms with van der Waals surface area (Å²) in [6, 6.07) is 21.3. The van der Waals surface area contributed by atoms with E-state index in [1.165, 1.54) is 4.90 Å². The second-order valence-electron chi connectivity index (χ2n) is 8.11. The minimum atomic E-state index is -0.707. The predicted octanol–water partition coefficient (Wildman–Crippen LogP) is 4.25. The Balaban J connectivity index is 1.61. The van der Waals surface area contributed by atoms with Gasteiger partial charge in [-0.3, -0.25) is 9.59 Å². The molecule has 1 fully saturated rings.